The highest BCUT2D eigenvalue weighted by atomic mass is 35.5. The highest BCUT2D eigenvalue weighted by Gasteiger charge is 2.53. The maximum absolute atomic E-state index is 13.0. The third-order valence-electron chi connectivity index (χ3n) is 5.14. The maximum Gasteiger partial charge on any atom is 0.252 e. The van der Waals surface area contributed by atoms with Gasteiger partial charge >= 0.3 is 0 Å². The number of sulfonamides is 1. The summed E-state index contributed by atoms with van der Waals surface area (Å²) in [5.74, 6) is 0.0325. The van der Waals surface area contributed by atoms with Gasteiger partial charge in [0.2, 0.25) is 5.91 Å². The lowest BCUT2D eigenvalue weighted by Crippen LogP contribution is -2.38. The minimum atomic E-state index is -3.60. The second-order valence-corrected chi connectivity index (χ2v) is 10.6. The molecule has 6 nitrogen and oxygen atoms in total. The standard InChI is InChI=1S/C17H18ClN3O3S2/c18-14-4-5-15(25-14)26(23,24)21-10-7-17(12-21)6-9-20(16(17)22)11-13-3-1-2-8-19-13/h1-5,8H,6-7,9-12H2. The molecular weight excluding hydrogens is 394 g/mol. The van der Waals surface area contributed by atoms with Crippen LogP contribution in [0.25, 0.3) is 0 Å². The molecule has 9 heteroatoms. The van der Waals surface area contributed by atoms with Crippen molar-refractivity contribution in [3.05, 3.63) is 46.6 Å². The number of nitrogens with zero attached hydrogens (tertiary/aromatic N) is 3. The number of halogens is 1. The number of likely N-dealkylation sites (tertiary alicyclic amines) is 1. The van der Waals surface area contributed by atoms with Crippen molar-refractivity contribution in [3.8, 4) is 0 Å². The molecule has 2 fully saturated rings. The van der Waals surface area contributed by atoms with E-state index in [-0.39, 0.29) is 16.7 Å². The molecule has 0 N–H and O–H groups in total. The van der Waals surface area contributed by atoms with E-state index in [4.69, 9.17) is 11.6 Å². The highest BCUT2D eigenvalue weighted by Crippen LogP contribution is 2.43. The van der Waals surface area contributed by atoms with Crippen molar-refractivity contribution in [1.29, 1.82) is 0 Å². The van der Waals surface area contributed by atoms with Gasteiger partial charge in [-0.3, -0.25) is 9.78 Å². The molecule has 4 heterocycles. The van der Waals surface area contributed by atoms with Crippen molar-refractivity contribution in [2.45, 2.75) is 23.6 Å². The Labute approximate surface area is 161 Å². The van der Waals surface area contributed by atoms with Gasteiger partial charge in [0.15, 0.2) is 0 Å². The normalized spacial score (nSPS) is 24.0. The van der Waals surface area contributed by atoms with E-state index in [1.165, 1.54) is 10.4 Å². The van der Waals surface area contributed by atoms with Crippen LogP contribution in [0.1, 0.15) is 18.5 Å². The molecule has 138 valence electrons. The number of thiophene rings is 1. The van der Waals surface area contributed by atoms with Crippen molar-refractivity contribution >= 4 is 38.9 Å². The van der Waals surface area contributed by atoms with Gasteiger partial charge in [0, 0.05) is 25.8 Å². The SMILES string of the molecule is O=C1N(Cc2ccccn2)CCC12CCN(S(=O)(=O)c1ccc(Cl)s1)C2. The van der Waals surface area contributed by atoms with Crippen LogP contribution in [0.5, 0.6) is 0 Å². The van der Waals surface area contributed by atoms with E-state index in [1.54, 1.807) is 17.2 Å². The lowest BCUT2D eigenvalue weighted by molar-refractivity contribution is -0.135. The fourth-order valence-corrected chi connectivity index (χ4v) is 6.88. The molecule has 2 aromatic rings. The summed E-state index contributed by atoms with van der Waals surface area (Å²) in [5.41, 5.74) is 0.233. The van der Waals surface area contributed by atoms with E-state index in [0.717, 1.165) is 17.0 Å². The number of carbonyl (C=O) groups excluding carboxylic acids is 1. The zero-order valence-electron chi connectivity index (χ0n) is 14.0. The van der Waals surface area contributed by atoms with Gasteiger partial charge in [-0.1, -0.05) is 17.7 Å². The molecule has 0 bridgehead atoms. The highest BCUT2D eigenvalue weighted by molar-refractivity contribution is 7.91. The quantitative estimate of drug-likeness (QED) is 0.775. The average molecular weight is 412 g/mol. The average Bonchev–Trinajstić information content (AvgIpc) is 3.33. The number of rotatable bonds is 4. The topological polar surface area (TPSA) is 70.6 Å². The van der Waals surface area contributed by atoms with E-state index in [9.17, 15) is 13.2 Å². The predicted octanol–water partition coefficient (Wildman–Crippen LogP) is 2.61. The van der Waals surface area contributed by atoms with E-state index in [1.807, 2.05) is 18.2 Å². The molecule has 2 aliphatic heterocycles. The number of hydrogen-bond donors (Lipinski definition) is 0. The van der Waals surface area contributed by atoms with Crippen LogP contribution >= 0.6 is 22.9 Å². The zero-order chi connectivity index (χ0) is 18.4. The van der Waals surface area contributed by atoms with E-state index < -0.39 is 15.4 Å². The summed E-state index contributed by atoms with van der Waals surface area (Å²) < 4.78 is 27.7. The van der Waals surface area contributed by atoms with Crippen LogP contribution in [0.4, 0.5) is 0 Å². The number of hydrogen-bond acceptors (Lipinski definition) is 5. The van der Waals surface area contributed by atoms with Gasteiger partial charge < -0.3 is 4.90 Å². The first kappa shape index (κ1) is 17.9. The molecule has 1 spiro atoms. The monoisotopic (exact) mass is 411 g/mol. The first-order valence-electron chi connectivity index (χ1n) is 8.36. The van der Waals surface area contributed by atoms with Gasteiger partial charge in [-0.25, -0.2) is 8.42 Å². The second-order valence-electron chi connectivity index (χ2n) is 6.73. The Morgan fingerprint density at radius 1 is 1.19 bits per heavy atom. The first-order valence-corrected chi connectivity index (χ1v) is 11.0. The van der Waals surface area contributed by atoms with Crippen LogP contribution in [0.2, 0.25) is 4.34 Å². The Morgan fingerprint density at radius 3 is 2.69 bits per heavy atom. The molecule has 1 atom stereocenters. The molecule has 2 saturated heterocycles. The van der Waals surface area contributed by atoms with Gasteiger partial charge in [0.1, 0.15) is 4.21 Å². The van der Waals surface area contributed by atoms with Crippen molar-refractivity contribution in [1.82, 2.24) is 14.2 Å². The lowest BCUT2D eigenvalue weighted by Gasteiger charge is -2.23. The van der Waals surface area contributed by atoms with Crippen molar-refractivity contribution in [3.63, 3.8) is 0 Å². The third-order valence-corrected chi connectivity index (χ3v) is 8.69. The maximum atomic E-state index is 13.0. The Hall–Kier alpha value is -1.48. The Bertz CT molecular complexity index is 932. The summed E-state index contributed by atoms with van der Waals surface area (Å²) in [6.07, 6.45) is 2.94. The first-order chi connectivity index (χ1) is 12.4. The van der Waals surface area contributed by atoms with Crippen LogP contribution in [-0.4, -0.2) is 48.1 Å². The van der Waals surface area contributed by atoms with Gasteiger partial charge in [-0.05, 0) is 37.1 Å². The van der Waals surface area contributed by atoms with Crippen molar-refractivity contribution < 1.29 is 13.2 Å². The molecule has 0 saturated carbocycles. The molecular formula is C17H18ClN3O3S2. The molecule has 2 aliphatic rings. The van der Waals surface area contributed by atoms with Crippen LogP contribution in [0.15, 0.2) is 40.7 Å². The van der Waals surface area contributed by atoms with Crippen molar-refractivity contribution in [2.75, 3.05) is 19.6 Å². The van der Waals surface area contributed by atoms with E-state index in [2.05, 4.69) is 4.98 Å². The summed E-state index contributed by atoms with van der Waals surface area (Å²) in [7, 11) is -3.60. The van der Waals surface area contributed by atoms with Gasteiger partial charge in [0.05, 0.1) is 22.0 Å². The number of pyridine rings is 1. The van der Waals surface area contributed by atoms with Gasteiger partial charge in [-0.15, -0.1) is 11.3 Å². The molecule has 0 radical (unpaired) electrons. The molecule has 0 aliphatic carbocycles. The smallest absolute Gasteiger partial charge is 0.252 e. The Balaban J connectivity index is 1.50. The summed E-state index contributed by atoms with van der Waals surface area (Å²) in [6, 6.07) is 8.74. The fourth-order valence-electron chi connectivity index (χ4n) is 3.71. The van der Waals surface area contributed by atoms with E-state index >= 15 is 0 Å². The summed E-state index contributed by atoms with van der Waals surface area (Å²) in [4.78, 5) is 19.1. The number of amides is 1. The van der Waals surface area contributed by atoms with Crippen molar-refractivity contribution in [2.24, 2.45) is 5.41 Å². The molecule has 2 aromatic heterocycles. The summed E-state index contributed by atoms with van der Waals surface area (Å²) in [5, 5.41) is 0. The van der Waals surface area contributed by atoms with Gasteiger partial charge in [0.25, 0.3) is 10.0 Å². The zero-order valence-corrected chi connectivity index (χ0v) is 16.4. The lowest BCUT2D eigenvalue weighted by atomic mass is 9.86. The number of aromatic nitrogens is 1. The molecule has 4 rings (SSSR count). The molecule has 1 unspecified atom stereocenters. The summed E-state index contributed by atoms with van der Waals surface area (Å²) >= 11 is 6.93. The Morgan fingerprint density at radius 2 is 2.00 bits per heavy atom. The Kier molecular flexibility index (Phi) is 4.54. The second kappa shape index (κ2) is 6.60. The molecule has 1 amide bonds. The fraction of sp³-hybridized carbons (Fsp3) is 0.412. The minimum absolute atomic E-state index is 0.0325. The largest absolute Gasteiger partial charge is 0.336 e. The third kappa shape index (κ3) is 3.05. The van der Waals surface area contributed by atoms with Crippen LogP contribution < -0.4 is 0 Å². The summed E-state index contributed by atoms with van der Waals surface area (Å²) in [6.45, 7) is 1.70. The number of carbonyl (C=O) groups is 1. The van der Waals surface area contributed by atoms with Crippen LogP contribution in [-0.2, 0) is 21.4 Å². The molecule has 0 aromatic carbocycles. The van der Waals surface area contributed by atoms with Gasteiger partial charge in [-0.2, -0.15) is 4.31 Å². The van der Waals surface area contributed by atoms with Crippen LogP contribution in [0, 0.1) is 5.41 Å². The minimum Gasteiger partial charge on any atom is -0.336 e. The van der Waals surface area contributed by atoms with E-state index in [0.29, 0.717) is 36.8 Å². The molecule has 26 heavy (non-hydrogen) atoms. The predicted molar refractivity (Wildman–Crippen MR) is 99.4 cm³/mol. The van der Waals surface area contributed by atoms with Crippen LogP contribution in [0.3, 0.4) is 0 Å².